The highest BCUT2D eigenvalue weighted by atomic mass is 32.2. The van der Waals surface area contributed by atoms with Gasteiger partial charge in [-0.2, -0.15) is 0 Å². The van der Waals surface area contributed by atoms with Crippen LogP contribution in [0.15, 0.2) is 40.2 Å². The van der Waals surface area contributed by atoms with E-state index < -0.39 is 0 Å². The fourth-order valence-electron chi connectivity index (χ4n) is 4.55. The van der Waals surface area contributed by atoms with Crippen LogP contribution in [-0.2, 0) is 7.05 Å². The first-order valence-electron chi connectivity index (χ1n) is 10.6. The van der Waals surface area contributed by atoms with E-state index in [0.717, 1.165) is 41.3 Å². The maximum absolute atomic E-state index is 5.46. The van der Waals surface area contributed by atoms with Gasteiger partial charge in [0, 0.05) is 50.1 Å². The van der Waals surface area contributed by atoms with E-state index in [1.165, 1.54) is 37.3 Å². The van der Waals surface area contributed by atoms with Crippen molar-refractivity contribution in [3.63, 3.8) is 0 Å². The lowest BCUT2D eigenvalue weighted by atomic mass is 9.91. The lowest BCUT2D eigenvalue weighted by Crippen LogP contribution is -2.55. The minimum Gasteiger partial charge on any atom is -0.440 e. The van der Waals surface area contributed by atoms with E-state index in [1.807, 2.05) is 18.5 Å². The lowest BCUT2D eigenvalue weighted by Gasteiger charge is -2.45. The third-order valence-corrected chi connectivity index (χ3v) is 7.42. The molecule has 2 fully saturated rings. The number of hydrogen-bond donors (Lipinski definition) is 0. The zero-order chi connectivity index (χ0) is 20.7. The molecule has 0 N–H and O–H groups in total. The summed E-state index contributed by atoms with van der Waals surface area (Å²) in [6, 6.07) is 9.65. The summed E-state index contributed by atoms with van der Waals surface area (Å²) in [6.45, 7) is 8.83. The van der Waals surface area contributed by atoms with Crippen LogP contribution in [-0.4, -0.2) is 62.6 Å². The molecule has 4 heterocycles. The predicted octanol–water partition coefficient (Wildman–Crippen LogP) is 3.39. The Kier molecular flexibility index (Phi) is 5.28. The molecule has 0 spiro atoms. The van der Waals surface area contributed by atoms with E-state index in [9.17, 15) is 0 Å². The first-order chi connectivity index (χ1) is 14.6. The number of benzene rings is 1. The zero-order valence-corrected chi connectivity index (χ0v) is 18.6. The minimum absolute atomic E-state index is 0.687. The van der Waals surface area contributed by atoms with Crippen molar-refractivity contribution >= 4 is 17.4 Å². The maximum atomic E-state index is 5.46. The zero-order valence-electron chi connectivity index (χ0n) is 17.8. The first-order valence-corrected chi connectivity index (χ1v) is 11.6. The summed E-state index contributed by atoms with van der Waals surface area (Å²) in [5.74, 6) is 3.29. The summed E-state index contributed by atoms with van der Waals surface area (Å²) in [6.07, 6.45) is 2.60. The molecule has 3 aromatic rings. The number of nitrogens with zero attached hydrogens (tertiary/aromatic N) is 6. The van der Waals surface area contributed by atoms with Gasteiger partial charge in [-0.25, -0.2) is 4.98 Å². The fourth-order valence-corrected chi connectivity index (χ4v) is 5.38. The number of fused-ring (bicyclic) bond motifs is 1. The number of hydrogen-bond acceptors (Lipinski definition) is 7. The molecule has 8 heteroatoms. The number of anilines is 1. The molecule has 2 aromatic heterocycles. The van der Waals surface area contributed by atoms with Gasteiger partial charge >= 0.3 is 0 Å². The Labute approximate surface area is 181 Å². The van der Waals surface area contributed by atoms with Gasteiger partial charge in [0.2, 0.25) is 5.82 Å². The number of oxazole rings is 1. The molecular formula is C22H28N6OS. The van der Waals surface area contributed by atoms with Crippen molar-refractivity contribution in [1.29, 1.82) is 0 Å². The highest BCUT2D eigenvalue weighted by molar-refractivity contribution is 7.99. The van der Waals surface area contributed by atoms with Gasteiger partial charge in [0.15, 0.2) is 17.3 Å². The highest BCUT2D eigenvalue weighted by Crippen LogP contribution is 2.36. The van der Waals surface area contributed by atoms with Crippen LogP contribution in [0, 0.1) is 19.8 Å². The molecule has 5 rings (SSSR count). The second-order valence-electron chi connectivity index (χ2n) is 8.41. The van der Waals surface area contributed by atoms with Crippen LogP contribution in [0.25, 0.3) is 11.6 Å². The smallest absolute Gasteiger partial charge is 0.202 e. The van der Waals surface area contributed by atoms with Gasteiger partial charge < -0.3 is 18.8 Å². The number of aryl methyl sites for hydroxylation is 2. The number of rotatable bonds is 7. The lowest BCUT2D eigenvalue weighted by molar-refractivity contribution is 0.329. The minimum atomic E-state index is 0.687. The van der Waals surface area contributed by atoms with Crippen molar-refractivity contribution in [3.8, 4) is 11.6 Å². The van der Waals surface area contributed by atoms with E-state index in [4.69, 9.17) is 4.42 Å². The second kappa shape index (κ2) is 8.07. The molecule has 2 aliphatic heterocycles. The van der Waals surface area contributed by atoms with Crippen molar-refractivity contribution in [2.45, 2.75) is 31.5 Å². The molecule has 0 saturated carbocycles. The van der Waals surface area contributed by atoms with Gasteiger partial charge in [0.1, 0.15) is 0 Å². The Hall–Kier alpha value is -2.32. The largest absolute Gasteiger partial charge is 0.440 e. The molecule has 30 heavy (non-hydrogen) atoms. The van der Waals surface area contributed by atoms with E-state index in [2.05, 4.69) is 56.2 Å². The average molecular weight is 425 g/mol. The van der Waals surface area contributed by atoms with E-state index in [-0.39, 0.29) is 0 Å². The Morgan fingerprint density at radius 3 is 2.70 bits per heavy atom. The van der Waals surface area contributed by atoms with Crippen molar-refractivity contribution in [3.05, 3.63) is 41.9 Å². The topological polar surface area (TPSA) is 63.2 Å². The Morgan fingerprint density at radius 1 is 1.10 bits per heavy atom. The first kappa shape index (κ1) is 19.6. The quantitative estimate of drug-likeness (QED) is 0.425. The van der Waals surface area contributed by atoms with Crippen LogP contribution >= 0.6 is 11.8 Å². The summed E-state index contributed by atoms with van der Waals surface area (Å²) < 4.78 is 7.45. The number of thioether (sulfide) groups is 1. The van der Waals surface area contributed by atoms with E-state index in [1.54, 1.807) is 11.8 Å². The molecule has 158 valence electrons. The molecule has 2 atom stereocenters. The number of likely N-dealkylation sites (tertiary alicyclic amines) is 1. The number of aromatic nitrogens is 4. The van der Waals surface area contributed by atoms with Crippen LogP contribution in [0.1, 0.15) is 17.7 Å². The van der Waals surface area contributed by atoms with Crippen molar-refractivity contribution < 1.29 is 4.42 Å². The predicted molar refractivity (Wildman–Crippen MR) is 119 cm³/mol. The summed E-state index contributed by atoms with van der Waals surface area (Å²) in [7, 11) is 1.98. The molecule has 0 radical (unpaired) electrons. The van der Waals surface area contributed by atoms with E-state index in [0.29, 0.717) is 11.8 Å². The van der Waals surface area contributed by atoms with Gasteiger partial charge in [0.25, 0.3) is 0 Å². The van der Waals surface area contributed by atoms with Gasteiger partial charge in [-0.15, -0.1) is 10.2 Å². The van der Waals surface area contributed by atoms with Crippen molar-refractivity contribution in [2.75, 3.05) is 36.8 Å². The molecule has 2 unspecified atom stereocenters. The molecule has 1 aromatic carbocycles. The summed E-state index contributed by atoms with van der Waals surface area (Å²) in [4.78, 5) is 9.35. The van der Waals surface area contributed by atoms with Crippen LogP contribution in [0.3, 0.4) is 0 Å². The monoisotopic (exact) mass is 424 g/mol. The van der Waals surface area contributed by atoms with Gasteiger partial charge in [-0.3, -0.25) is 0 Å². The normalized spacial score (nSPS) is 21.1. The van der Waals surface area contributed by atoms with Crippen LogP contribution in [0.4, 0.5) is 5.69 Å². The SMILES string of the molecule is Cc1ccc(N2CC3CN(CCCSc4nnc(-c5ocnc5C)n4C)CC32)cc1. The molecule has 2 saturated heterocycles. The summed E-state index contributed by atoms with van der Waals surface area (Å²) >= 11 is 1.76. The molecule has 0 aliphatic carbocycles. The molecular weight excluding hydrogens is 396 g/mol. The molecule has 7 nitrogen and oxygen atoms in total. The van der Waals surface area contributed by atoms with Crippen LogP contribution in [0.2, 0.25) is 0 Å². The van der Waals surface area contributed by atoms with Gasteiger partial charge in [0.05, 0.1) is 5.69 Å². The Balaban J connectivity index is 1.09. The molecule has 0 bridgehead atoms. The van der Waals surface area contributed by atoms with Gasteiger partial charge in [-0.05, 0) is 38.9 Å². The fraction of sp³-hybridized carbons (Fsp3) is 0.500. The second-order valence-corrected chi connectivity index (χ2v) is 9.47. The third-order valence-electron chi connectivity index (χ3n) is 6.31. The van der Waals surface area contributed by atoms with Gasteiger partial charge in [-0.1, -0.05) is 29.5 Å². The standard InChI is InChI=1S/C22H28N6OS/c1-15-5-7-18(8-6-15)28-12-17-11-27(13-19(17)28)9-4-10-30-22-25-24-21(26(22)3)20-16(2)23-14-29-20/h5-8,14,17,19H,4,9-13H2,1-3H3. The Morgan fingerprint density at radius 2 is 1.93 bits per heavy atom. The van der Waals surface area contributed by atoms with Crippen LogP contribution < -0.4 is 4.90 Å². The van der Waals surface area contributed by atoms with Crippen LogP contribution in [0.5, 0.6) is 0 Å². The van der Waals surface area contributed by atoms with E-state index >= 15 is 0 Å². The van der Waals surface area contributed by atoms with Crippen molar-refractivity contribution in [2.24, 2.45) is 13.0 Å². The summed E-state index contributed by atoms with van der Waals surface area (Å²) in [5.41, 5.74) is 3.54. The molecule has 0 amide bonds. The molecule has 2 aliphatic rings. The third kappa shape index (κ3) is 3.63. The Bertz CT molecular complexity index is 1010. The highest BCUT2D eigenvalue weighted by Gasteiger charge is 2.45. The maximum Gasteiger partial charge on any atom is 0.202 e. The van der Waals surface area contributed by atoms with Crippen molar-refractivity contribution in [1.82, 2.24) is 24.6 Å². The average Bonchev–Trinajstić information content (AvgIpc) is 3.39. The summed E-state index contributed by atoms with van der Waals surface area (Å²) in [5, 5.41) is 9.55.